The van der Waals surface area contributed by atoms with Gasteiger partial charge in [-0.25, -0.2) is 0 Å². The summed E-state index contributed by atoms with van der Waals surface area (Å²) in [7, 11) is 0. The van der Waals surface area contributed by atoms with Crippen molar-refractivity contribution in [3.63, 3.8) is 0 Å². The fourth-order valence-corrected chi connectivity index (χ4v) is 0.825. The number of hydrogen-bond acceptors (Lipinski definition) is 1. The van der Waals surface area contributed by atoms with Crippen LogP contribution in [0.4, 0.5) is 0 Å². The molecule has 1 unspecified atom stereocenters. The third kappa shape index (κ3) is 5.62. The van der Waals surface area contributed by atoms with Crippen LogP contribution in [0.15, 0.2) is 11.6 Å². The Morgan fingerprint density at radius 1 is 1.50 bits per heavy atom. The maximum atomic E-state index is 5.62. The predicted molar refractivity (Wildman–Crippen MR) is 56.5 cm³/mol. The molecule has 0 aliphatic carbocycles. The highest BCUT2D eigenvalue weighted by Gasteiger charge is 2.18. The Bertz CT molecular complexity index is 146. The van der Waals surface area contributed by atoms with Crippen LogP contribution in [-0.4, -0.2) is 13.1 Å². The van der Waals surface area contributed by atoms with Crippen molar-refractivity contribution in [3.8, 4) is 0 Å². The predicted octanol–water partition coefficient (Wildman–Crippen LogP) is 3.01. The highest BCUT2D eigenvalue weighted by molar-refractivity contribution is 6.29. The van der Waals surface area contributed by atoms with Gasteiger partial charge in [-0.05, 0) is 17.9 Å². The summed E-state index contributed by atoms with van der Waals surface area (Å²) in [5.74, 6) is 0.647. The second-order valence-corrected chi connectivity index (χ2v) is 4.95. The highest BCUT2D eigenvalue weighted by Crippen LogP contribution is 2.24. The van der Waals surface area contributed by atoms with Crippen molar-refractivity contribution >= 4 is 11.6 Å². The second kappa shape index (κ2) is 4.88. The molecule has 0 saturated carbocycles. The zero-order chi connectivity index (χ0) is 9.78. The summed E-state index contributed by atoms with van der Waals surface area (Å²) in [4.78, 5) is 0. The molecule has 0 aromatic heterocycles. The van der Waals surface area contributed by atoms with Crippen molar-refractivity contribution < 1.29 is 0 Å². The van der Waals surface area contributed by atoms with Crippen LogP contribution in [0.5, 0.6) is 0 Å². The SMILES string of the molecule is C=C(Cl)CNCC(C)C(C)(C)C. The molecular weight excluding hydrogens is 170 g/mol. The number of hydrogen-bond donors (Lipinski definition) is 1. The van der Waals surface area contributed by atoms with Crippen LogP contribution in [0.3, 0.4) is 0 Å². The fourth-order valence-electron chi connectivity index (χ4n) is 0.730. The molecule has 0 bridgehead atoms. The quantitative estimate of drug-likeness (QED) is 0.717. The van der Waals surface area contributed by atoms with E-state index in [2.05, 4.69) is 39.6 Å². The van der Waals surface area contributed by atoms with E-state index in [4.69, 9.17) is 11.6 Å². The lowest BCUT2D eigenvalue weighted by atomic mass is 9.82. The van der Waals surface area contributed by atoms with Crippen LogP contribution < -0.4 is 5.32 Å². The minimum atomic E-state index is 0.362. The molecule has 1 N–H and O–H groups in total. The van der Waals surface area contributed by atoms with E-state index in [0.717, 1.165) is 6.54 Å². The van der Waals surface area contributed by atoms with Crippen molar-refractivity contribution in [2.75, 3.05) is 13.1 Å². The van der Waals surface area contributed by atoms with Crippen LogP contribution in [0.2, 0.25) is 0 Å². The van der Waals surface area contributed by atoms with E-state index in [-0.39, 0.29) is 0 Å². The molecule has 0 radical (unpaired) electrons. The van der Waals surface area contributed by atoms with Gasteiger partial charge in [0.25, 0.3) is 0 Å². The fraction of sp³-hybridized carbons (Fsp3) is 0.800. The molecule has 2 heteroatoms. The molecule has 12 heavy (non-hydrogen) atoms. The van der Waals surface area contributed by atoms with E-state index >= 15 is 0 Å². The third-order valence-corrected chi connectivity index (χ3v) is 2.38. The Hall–Kier alpha value is -0.0100. The normalized spacial score (nSPS) is 14.4. The largest absolute Gasteiger partial charge is 0.312 e. The summed E-state index contributed by atoms with van der Waals surface area (Å²) in [6, 6.07) is 0. The van der Waals surface area contributed by atoms with Crippen LogP contribution >= 0.6 is 11.6 Å². The third-order valence-electron chi connectivity index (χ3n) is 2.25. The van der Waals surface area contributed by atoms with Crippen molar-refractivity contribution in [1.82, 2.24) is 5.32 Å². The molecule has 0 spiro atoms. The van der Waals surface area contributed by atoms with E-state index < -0.39 is 0 Å². The molecule has 0 heterocycles. The van der Waals surface area contributed by atoms with Crippen molar-refractivity contribution in [2.45, 2.75) is 27.7 Å². The molecule has 0 amide bonds. The lowest BCUT2D eigenvalue weighted by Crippen LogP contribution is -2.30. The Labute approximate surface area is 81.2 Å². The molecular formula is C10H20ClN. The molecule has 0 aromatic rings. The number of halogens is 1. The zero-order valence-electron chi connectivity index (χ0n) is 8.58. The first kappa shape index (κ1) is 12.0. The maximum Gasteiger partial charge on any atom is 0.0307 e. The summed E-state index contributed by atoms with van der Waals surface area (Å²) in [6.45, 7) is 14.3. The first-order valence-electron chi connectivity index (χ1n) is 4.38. The summed E-state index contributed by atoms with van der Waals surface area (Å²) >= 11 is 5.62. The lowest BCUT2D eigenvalue weighted by molar-refractivity contribution is 0.255. The van der Waals surface area contributed by atoms with Crippen molar-refractivity contribution in [2.24, 2.45) is 11.3 Å². The lowest BCUT2D eigenvalue weighted by Gasteiger charge is -2.27. The topological polar surface area (TPSA) is 12.0 Å². The van der Waals surface area contributed by atoms with E-state index in [1.165, 1.54) is 0 Å². The van der Waals surface area contributed by atoms with Gasteiger partial charge < -0.3 is 5.32 Å². The molecule has 0 aliphatic heterocycles. The number of nitrogens with one attached hydrogen (secondary N) is 1. The van der Waals surface area contributed by atoms with Gasteiger partial charge in [-0.1, -0.05) is 45.9 Å². The monoisotopic (exact) mass is 189 g/mol. The van der Waals surface area contributed by atoms with Crippen LogP contribution in [0.25, 0.3) is 0 Å². The summed E-state index contributed by atoms with van der Waals surface area (Å²) in [6.07, 6.45) is 0. The Morgan fingerprint density at radius 3 is 2.33 bits per heavy atom. The second-order valence-electron chi connectivity index (χ2n) is 4.42. The molecule has 0 saturated heterocycles. The maximum absolute atomic E-state index is 5.62. The minimum Gasteiger partial charge on any atom is -0.312 e. The van der Waals surface area contributed by atoms with Gasteiger partial charge in [0.1, 0.15) is 0 Å². The summed E-state index contributed by atoms with van der Waals surface area (Å²) in [5.41, 5.74) is 0.362. The molecule has 1 atom stereocenters. The molecule has 0 fully saturated rings. The first-order chi connectivity index (χ1) is 5.34. The average Bonchev–Trinajstić information content (AvgIpc) is 1.84. The van der Waals surface area contributed by atoms with Gasteiger partial charge in [0, 0.05) is 11.6 Å². The van der Waals surface area contributed by atoms with Gasteiger partial charge >= 0.3 is 0 Å². The first-order valence-corrected chi connectivity index (χ1v) is 4.76. The van der Waals surface area contributed by atoms with Crippen LogP contribution in [0, 0.1) is 11.3 Å². The smallest absolute Gasteiger partial charge is 0.0307 e. The molecule has 72 valence electrons. The van der Waals surface area contributed by atoms with Crippen molar-refractivity contribution in [1.29, 1.82) is 0 Å². The van der Waals surface area contributed by atoms with Gasteiger partial charge in [-0.15, -0.1) is 0 Å². The molecule has 1 nitrogen and oxygen atoms in total. The average molecular weight is 190 g/mol. The van der Waals surface area contributed by atoms with Gasteiger partial charge in [-0.3, -0.25) is 0 Å². The molecule has 0 aromatic carbocycles. The van der Waals surface area contributed by atoms with Crippen LogP contribution in [-0.2, 0) is 0 Å². The summed E-state index contributed by atoms with van der Waals surface area (Å²) < 4.78 is 0. The standard InChI is InChI=1S/C10H20ClN/c1-8(10(3,4)5)6-12-7-9(2)11/h8,12H,2,6-7H2,1,3-5H3. The van der Waals surface area contributed by atoms with Gasteiger partial charge in [0.15, 0.2) is 0 Å². The highest BCUT2D eigenvalue weighted by atomic mass is 35.5. The molecule has 0 rings (SSSR count). The van der Waals surface area contributed by atoms with Gasteiger partial charge in [0.2, 0.25) is 0 Å². The van der Waals surface area contributed by atoms with E-state index in [1.54, 1.807) is 0 Å². The molecule has 0 aliphatic rings. The van der Waals surface area contributed by atoms with Gasteiger partial charge in [-0.2, -0.15) is 0 Å². The van der Waals surface area contributed by atoms with Crippen LogP contribution in [0.1, 0.15) is 27.7 Å². The van der Waals surface area contributed by atoms with Crippen molar-refractivity contribution in [3.05, 3.63) is 11.6 Å². The van der Waals surface area contributed by atoms with E-state index in [0.29, 0.717) is 22.9 Å². The zero-order valence-corrected chi connectivity index (χ0v) is 9.33. The minimum absolute atomic E-state index is 0.362. The van der Waals surface area contributed by atoms with Gasteiger partial charge in [0.05, 0.1) is 0 Å². The Kier molecular flexibility index (Phi) is 4.88. The Balaban J connectivity index is 3.58. The number of rotatable bonds is 4. The van der Waals surface area contributed by atoms with E-state index in [1.807, 2.05) is 0 Å². The Morgan fingerprint density at radius 2 is 2.00 bits per heavy atom. The summed E-state index contributed by atoms with van der Waals surface area (Å²) in [5, 5.41) is 3.94. The van der Waals surface area contributed by atoms with E-state index in [9.17, 15) is 0 Å².